The van der Waals surface area contributed by atoms with Gasteiger partial charge in [0.2, 0.25) is 0 Å². The van der Waals surface area contributed by atoms with E-state index in [4.69, 9.17) is 11.6 Å². The van der Waals surface area contributed by atoms with Gasteiger partial charge >= 0.3 is 0 Å². The minimum atomic E-state index is 0.464. The number of rotatable bonds is 5. The van der Waals surface area contributed by atoms with Crippen LogP contribution in [0.15, 0.2) is 34.6 Å². The van der Waals surface area contributed by atoms with E-state index in [1.54, 1.807) is 0 Å². The van der Waals surface area contributed by atoms with Crippen LogP contribution in [0.4, 0.5) is 17.2 Å². The van der Waals surface area contributed by atoms with Crippen molar-refractivity contribution in [2.24, 2.45) is 10.2 Å². The van der Waals surface area contributed by atoms with Crippen molar-refractivity contribution in [3.05, 3.63) is 35.0 Å². The summed E-state index contributed by atoms with van der Waals surface area (Å²) in [6.07, 6.45) is 1.51. The van der Waals surface area contributed by atoms with Crippen LogP contribution in [0.3, 0.4) is 0 Å². The van der Waals surface area contributed by atoms with Crippen molar-refractivity contribution in [1.29, 1.82) is 0 Å². The fourth-order valence-electron chi connectivity index (χ4n) is 1.98. The second-order valence-electron chi connectivity index (χ2n) is 4.41. The fraction of sp³-hybridized carbons (Fsp3) is 0.357. The Kier molecular flexibility index (Phi) is 4.74. The Morgan fingerprint density at radius 3 is 2.55 bits per heavy atom. The molecule has 6 heteroatoms. The van der Waals surface area contributed by atoms with E-state index < -0.39 is 0 Å². The monoisotopic (exact) mass is 291 g/mol. The second kappa shape index (κ2) is 6.52. The van der Waals surface area contributed by atoms with Crippen LogP contribution >= 0.6 is 11.6 Å². The van der Waals surface area contributed by atoms with Crippen LogP contribution in [-0.4, -0.2) is 23.3 Å². The van der Waals surface area contributed by atoms with Crippen LogP contribution in [0, 0.1) is 6.92 Å². The van der Waals surface area contributed by atoms with Gasteiger partial charge in [0.15, 0.2) is 5.82 Å². The number of azo groups is 1. The molecular formula is C14H18ClN5. The number of nitrogens with zero attached hydrogens (tertiary/aromatic N) is 4. The molecule has 0 aliphatic carbocycles. The summed E-state index contributed by atoms with van der Waals surface area (Å²) in [5, 5.41) is 15.2. The standard InChI is InChI=1S/C14H18ClN5/c1-4-20(5-2)11-6-7-13(10(3)8-11)17-19-14-12(15)9-16-18-14/h6-9H,4-5H2,1-3H3,(H,16,18). The molecule has 0 fully saturated rings. The van der Waals surface area contributed by atoms with Crippen molar-refractivity contribution >= 4 is 28.8 Å². The summed E-state index contributed by atoms with van der Waals surface area (Å²) in [5.74, 6) is 0.471. The molecule has 2 rings (SSSR count). The molecule has 0 unspecified atom stereocenters. The molecule has 0 aliphatic rings. The number of hydrogen-bond donors (Lipinski definition) is 1. The third-order valence-electron chi connectivity index (χ3n) is 3.14. The van der Waals surface area contributed by atoms with Crippen LogP contribution in [0.1, 0.15) is 19.4 Å². The molecule has 0 amide bonds. The molecule has 2 aromatic rings. The molecule has 0 spiro atoms. The van der Waals surface area contributed by atoms with E-state index in [1.165, 1.54) is 11.9 Å². The molecule has 0 bridgehead atoms. The largest absolute Gasteiger partial charge is 0.372 e. The lowest BCUT2D eigenvalue weighted by Crippen LogP contribution is -2.21. The summed E-state index contributed by atoms with van der Waals surface area (Å²) in [6, 6.07) is 6.15. The molecule has 0 saturated carbocycles. The number of aromatic amines is 1. The van der Waals surface area contributed by atoms with Gasteiger partial charge in [0.05, 0.1) is 11.9 Å². The van der Waals surface area contributed by atoms with E-state index in [2.05, 4.69) is 51.3 Å². The first-order chi connectivity index (χ1) is 9.65. The Morgan fingerprint density at radius 1 is 1.25 bits per heavy atom. The minimum absolute atomic E-state index is 0.464. The Labute approximate surface area is 123 Å². The van der Waals surface area contributed by atoms with Gasteiger partial charge in [-0.3, -0.25) is 5.10 Å². The van der Waals surface area contributed by atoms with E-state index in [-0.39, 0.29) is 0 Å². The van der Waals surface area contributed by atoms with Crippen molar-refractivity contribution in [2.45, 2.75) is 20.8 Å². The third-order valence-corrected chi connectivity index (χ3v) is 3.42. The summed E-state index contributed by atoms with van der Waals surface area (Å²) < 4.78 is 0. The predicted octanol–water partition coefficient (Wildman–Crippen LogP) is 4.63. The molecule has 5 nitrogen and oxygen atoms in total. The lowest BCUT2D eigenvalue weighted by Gasteiger charge is -2.21. The maximum absolute atomic E-state index is 5.90. The summed E-state index contributed by atoms with van der Waals surface area (Å²) in [5.41, 5.74) is 3.10. The van der Waals surface area contributed by atoms with Gasteiger partial charge in [0, 0.05) is 18.8 Å². The first-order valence-corrected chi connectivity index (χ1v) is 6.99. The van der Waals surface area contributed by atoms with Crippen LogP contribution in [-0.2, 0) is 0 Å². The molecule has 106 valence electrons. The van der Waals surface area contributed by atoms with Gasteiger partial charge in [0.1, 0.15) is 5.02 Å². The molecule has 1 N–H and O–H groups in total. The summed E-state index contributed by atoms with van der Waals surface area (Å²) in [6.45, 7) is 8.29. The van der Waals surface area contributed by atoms with E-state index in [9.17, 15) is 0 Å². The van der Waals surface area contributed by atoms with Crippen molar-refractivity contribution in [3.8, 4) is 0 Å². The second-order valence-corrected chi connectivity index (χ2v) is 4.82. The van der Waals surface area contributed by atoms with E-state index in [0.717, 1.165) is 24.3 Å². The van der Waals surface area contributed by atoms with Crippen molar-refractivity contribution in [1.82, 2.24) is 10.2 Å². The molecule has 1 heterocycles. The van der Waals surface area contributed by atoms with Crippen LogP contribution in [0.25, 0.3) is 0 Å². The summed E-state index contributed by atoms with van der Waals surface area (Å²) in [4.78, 5) is 2.29. The molecule has 0 radical (unpaired) electrons. The number of nitrogens with one attached hydrogen (secondary N) is 1. The number of aryl methyl sites for hydroxylation is 1. The Balaban J connectivity index is 2.22. The van der Waals surface area contributed by atoms with E-state index in [1.807, 2.05) is 13.0 Å². The summed E-state index contributed by atoms with van der Waals surface area (Å²) in [7, 11) is 0. The van der Waals surface area contributed by atoms with Crippen LogP contribution in [0.2, 0.25) is 5.02 Å². The maximum atomic E-state index is 5.90. The lowest BCUT2D eigenvalue weighted by atomic mass is 10.1. The highest BCUT2D eigenvalue weighted by Crippen LogP contribution is 2.28. The average Bonchev–Trinajstić information content (AvgIpc) is 2.85. The molecule has 0 aliphatic heterocycles. The first-order valence-electron chi connectivity index (χ1n) is 6.61. The number of H-pyrrole nitrogens is 1. The van der Waals surface area contributed by atoms with E-state index >= 15 is 0 Å². The van der Waals surface area contributed by atoms with Crippen molar-refractivity contribution in [3.63, 3.8) is 0 Å². The molecule has 1 aromatic carbocycles. The topological polar surface area (TPSA) is 56.6 Å². The Bertz CT molecular complexity index is 601. The van der Waals surface area contributed by atoms with Crippen LogP contribution < -0.4 is 4.90 Å². The molecule has 0 saturated heterocycles. The number of benzene rings is 1. The average molecular weight is 292 g/mol. The zero-order valence-electron chi connectivity index (χ0n) is 11.9. The predicted molar refractivity (Wildman–Crippen MR) is 82.5 cm³/mol. The number of halogens is 1. The molecule has 0 atom stereocenters. The van der Waals surface area contributed by atoms with Gasteiger partial charge in [-0.05, 0) is 44.5 Å². The van der Waals surface area contributed by atoms with E-state index in [0.29, 0.717) is 10.8 Å². The van der Waals surface area contributed by atoms with Crippen molar-refractivity contribution < 1.29 is 0 Å². The highest BCUT2D eigenvalue weighted by molar-refractivity contribution is 6.32. The normalized spacial score (nSPS) is 11.2. The summed E-state index contributed by atoms with van der Waals surface area (Å²) >= 11 is 5.90. The lowest BCUT2D eigenvalue weighted by molar-refractivity contribution is 0.865. The zero-order chi connectivity index (χ0) is 14.5. The van der Waals surface area contributed by atoms with Gasteiger partial charge in [0.25, 0.3) is 0 Å². The van der Waals surface area contributed by atoms with Crippen LogP contribution in [0.5, 0.6) is 0 Å². The first kappa shape index (κ1) is 14.5. The fourth-order valence-corrected chi connectivity index (χ4v) is 2.10. The van der Waals surface area contributed by atoms with Gasteiger partial charge < -0.3 is 4.90 Å². The highest BCUT2D eigenvalue weighted by Gasteiger charge is 2.05. The molecule has 20 heavy (non-hydrogen) atoms. The SMILES string of the molecule is CCN(CC)c1ccc(N=Nc2[nH]ncc2Cl)c(C)c1. The molecular weight excluding hydrogens is 274 g/mol. The minimum Gasteiger partial charge on any atom is -0.372 e. The van der Waals surface area contributed by atoms with Gasteiger partial charge in [-0.1, -0.05) is 11.6 Å². The Hall–Kier alpha value is -1.88. The maximum Gasteiger partial charge on any atom is 0.189 e. The third kappa shape index (κ3) is 3.17. The smallest absolute Gasteiger partial charge is 0.189 e. The highest BCUT2D eigenvalue weighted by atomic mass is 35.5. The van der Waals surface area contributed by atoms with Gasteiger partial charge in [-0.15, -0.1) is 10.2 Å². The molecule has 1 aromatic heterocycles. The number of hydrogen-bond acceptors (Lipinski definition) is 4. The van der Waals surface area contributed by atoms with Crippen molar-refractivity contribution in [2.75, 3.05) is 18.0 Å². The van der Waals surface area contributed by atoms with Gasteiger partial charge in [-0.2, -0.15) is 5.10 Å². The quantitative estimate of drug-likeness (QED) is 0.816. The number of aromatic nitrogens is 2. The Morgan fingerprint density at radius 2 is 2.00 bits per heavy atom. The van der Waals surface area contributed by atoms with Gasteiger partial charge in [-0.25, -0.2) is 0 Å². The number of anilines is 1. The zero-order valence-corrected chi connectivity index (χ0v) is 12.6.